The van der Waals surface area contributed by atoms with E-state index < -0.39 is 0 Å². The second-order valence-corrected chi connectivity index (χ2v) is 4.72. The van der Waals surface area contributed by atoms with Gasteiger partial charge in [-0.25, -0.2) is 0 Å². The van der Waals surface area contributed by atoms with Crippen LogP contribution in [-0.2, 0) is 18.5 Å². The number of nitrogens with two attached hydrogens (primary N) is 1. The molecule has 15 heavy (non-hydrogen) atoms. The van der Waals surface area contributed by atoms with Crippen LogP contribution < -0.4 is 11.3 Å². The first-order valence-corrected chi connectivity index (χ1v) is 5.36. The third-order valence-corrected chi connectivity index (χ3v) is 2.49. The third-order valence-electron chi connectivity index (χ3n) is 2.49. The maximum Gasteiger partial charge on any atom is 0.255 e. The van der Waals surface area contributed by atoms with Crippen LogP contribution in [0.4, 0.5) is 0 Å². The van der Waals surface area contributed by atoms with Gasteiger partial charge in [0, 0.05) is 23.3 Å². The van der Waals surface area contributed by atoms with Crippen molar-refractivity contribution in [3.8, 4) is 0 Å². The molecule has 0 unspecified atom stereocenters. The molecule has 0 aliphatic rings. The van der Waals surface area contributed by atoms with Crippen molar-refractivity contribution in [2.75, 3.05) is 0 Å². The van der Waals surface area contributed by atoms with E-state index in [1.54, 1.807) is 0 Å². The van der Waals surface area contributed by atoms with Gasteiger partial charge in [-0.2, -0.15) is 0 Å². The molecular weight excluding hydrogens is 188 g/mol. The van der Waals surface area contributed by atoms with Crippen molar-refractivity contribution in [2.24, 2.45) is 5.73 Å². The lowest BCUT2D eigenvalue weighted by Gasteiger charge is -2.26. The van der Waals surface area contributed by atoms with Crippen LogP contribution in [0.15, 0.2) is 16.9 Å². The monoisotopic (exact) mass is 208 g/mol. The number of rotatable bonds is 2. The minimum absolute atomic E-state index is 0.0457. The Kier molecular flexibility index (Phi) is 3.35. The van der Waals surface area contributed by atoms with Gasteiger partial charge in [0.25, 0.3) is 5.56 Å². The maximum atomic E-state index is 12.1. The Hall–Kier alpha value is -1.09. The highest BCUT2D eigenvalue weighted by Crippen LogP contribution is 2.15. The van der Waals surface area contributed by atoms with Crippen molar-refractivity contribution in [1.82, 2.24) is 4.57 Å². The Morgan fingerprint density at radius 1 is 1.33 bits per heavy atom. The van der Waals surface area contributed by atoms with Gasteiger partial charge in [-0.3, -0.25) is 4.79 Å². The highest BCUT2D eigenvalue weighted by atomic mass is 16.1. The quantitative estimate of drug-likeness (QED) is 0.803. The molecule has 1 rings (SSSR count). The second kappa shape index (κ2) is 4.19. The van der Waals surface area contributed by atoms with E-state index in [-0.39, 0.29) is 11.1 Å². The highest BCUT2D eigenvalue weighted by molar-refractivity contribution is 5.17. The molecule has 0 radical (unpaired) electrons. The van der Waals surface area contributed by atoms with E-state index in [1.807, 2.05) is 37.5 Å². The molecule has 1 aromatic heterocycles. The lowest BCUT2D eigenvalue weighted by atomic mass is 10.1. The van der Waals surface area contributed by atoms with Gasteiger partial charge in [0.1, 0.15) is 0 Å². The second-order valence-electron chi connectivity index (χ2n) is 4.72. The van der Waals surface area contributed by atoms with Crippen LogP contribution in [0, 0.1) is 0 Å². The summed E-state index contributed by atoms with van der Waals surface area (Å²) in [7, 11) is 0. The van der Waals surface area contributed by atoms with E-state index in [2.05, 4.69) is 6.92 Å². The van der Waals surface area contributed by atoms with Crippen LogP contribution in [0.5, 0.6) is 0 Å². The van der Waals surface area contributed by atoms with Crippen molar-refractivity contribution in [2.45, 2.75) is 46.2 Å². The normalized spacial score (nSPS) is 11.8. The van der Waals surface area contributed by atoms with Gasteiger partial charge < -0.3 is 10.3 Å². The van der Waals surface area contributed by atoms with E-state index in [1.165, 1.54) is 0 Å². The van der Waals surface area contributed by atoms with Gasteiger partial charge in [0.2, 0.25) is 0 Å². The summed E-state index contributed by atoms with van der Waals surface area (Å²) < 4.78 is 1.84. The van der Waals surface area contributed by atoms with E-state index in [9.17, 15) is 4.79 Å². The summed E-state index contributed by atoms with van der Waals surface area (Å²) in [6, 6.07) is 3.83. The summed E-state index contributed by atoms with van der Waals surface area (Å²) >= 11 is 0. The minimum Gasteiger partial charge on any atom is -0.326 e. The number of aryl methyl sites for hydroxylation is 1. The van der Waals surface area contributed by atoms with Crippen LogP contribution in [0.3, 0.4) is 0 Å². The maximum absolute atomic E-state index is 12.1. The van der Waals surface area contributed by atoms with E-state index in [0.29, 0.717) is 12.1 Å². The lowest BCUT2D eigenvalue weighted by molar-refractivity contribution is 0.370. The standard InChI is InChI=1S/C12H20N2O/c1-5-10-7-6-9(8-13)11(15)14(10)12(2,3)4/h6-7H,5,8,13H2,1-4H3. The van der Waals surface area contributed by atoms with Gasteiger partial charge in [0.15, 0.2) is 0 Å². The fourth-order valence-electron chi connectivity index (χ4n) is 1.78. The average Bonchev–Trinajstić information content (AvgIpc) is 2.15. The van der Waals surface area contributed by atoms with Crippen molar-refractivity contribution < 1.29 is 0 Å². The SMILES string of the molecule is CCc1ccc(CN)c(=O)n1C(C)(C)C. The largest absolute Gasteiger partial charge is 0.326 e. The van der Waals surface area contributed by atoms with Gasteiger partial charge >= 0.3 is 0 Å². The van der Waals surface area contributed by atoms with E-state index in [4.69, 9.17) is 5.73 Å². The molecule has 2 N–H and O–H groups in total. The molecule has 0 aliphatic heterocycles. The summed E-state index contributed by atoms with van der Waals surface area (Å²) in [4.78, 5) is 12.1. The number of nitrogens with zero attached hydrogens (tertiary/aromatic N) is 1. The number of hydrogen-bond acceptors (Lipinski definition) is 2. The summed E-state index contributed by atoms with van der Waals surface area (Å²) in [5.41, 5.74) is 7.14. The van der Waals surface area contributed by atoms with Crippen molar-refractivity contribution in [3.63, 3.8) is 0 Å². The van der Waals surface area contributed by atoms with E-state index >= 15 is 0 Å². The van der Waals surface area contributed by atoms with Gasteiger partial charge in [-0.05, 0) is 33.3 Å². The first-order chi connectivity index (χ1) is 6.91. The van der Waals surface area contributed by atoms with Crippen LogP contribution in [-0.4, -0.2) is 4.57 Å². The fraction of sp³-hybridized carbons (Fsp3) is 0.583. The minimum atomic E-state index is -0.187. The van der Waals surface area contributed by atoms with Gasteiger partial charge in [-0.1, -0.05) is 13.0 Å². The molecule has 1 heterocycles. The predicted octanol–water partition coefficient (Wildman–Crippen LogP) is 1.62. The summed E-state index contributed by atoms with van der Waals surface area (Å²) in [6.07, 6.45) is 0.858. The molecule has 0 aromatic carbocycles. The van der Waals surface area contributed by atoms with Crippen LogP contribution in [0.25, 0.3) is 0 Å². The van der Waals surface area contributed by atoms with E-state index in [0.717, 1.165) is 12.1 Å². The third kappa shape index (κ3) is 2.29. The molecule has 0 saturated heterocycles. The molecule has 3 heteroatoms. The first kappa shape index (κ1) is 12.0. The molecule has 0 spiro atoms. The van der Waals surface area contributed by atoms with Crippen molar-refractivity contribution >= 4 is 0 Å². The van der Waals surface area contributed by atoms with Crippen LogP contribution in [0.2, 0.25) is 0 Å². The molecule has 3 nitrogen and oxygen atoms in total. The number of hydrogen-bond donors (Lipinski definition) is 1. The molecule has 0 aliphatic carbocycles. The molecule has 0 fully saturated rings. The van der Waals surface area contributed by atoms with Crippen molar-refractivity contribution in [1.29, 1.82) is 0 Å². The fourth-order valence-corrected chi connectivity index (χ4v) is 1.78. The number of aromatic nitrogens is 1. The van der Waals surface area contributed by atoms with Crippen LogP contribution in [0.1, 0.15) is 39.0 Å². The zero-order chi connectivity index (χ0) is 11.6. The molecule has 0 bridgehead atoms. The molecule has 0 atom stereocenters. The lowest BCUT2D eigenvalue weighted by Crippen LogP contribution is -2.38. The average molecular weight is 208 g/mol. The Morgan fingerprint density at radius 2 is 1.93 bits per heavy atom. The predicted molar refractivity (Wildman–Crippen MR) is 63.0 cm³/mol. The molecule has 84 valence electrons. The van der Waals surface area contributed by atoms with Gasteiger partial charge in [-0.15, -0.1) is 0 Å². The first-order valence-electron chi connectivity index (χ1n) is 5.36. The topological polar surface area (TPSA) is 48.0 Å². The molecule has 1 aromatic rings. The molecule has 0 saturated carbocycles. The smallest absolute Gasteiger partial charge is 0.255 e. The van der Waals surface area contributed by atoms with Crippen LogP contribution >= 0.6 is 0 Å². The molecular formula is C12H20N2O. The Bertz CT molecular complexity index is 399. The zero-order valence-corrected chi connectivity index (χ0v) is 10.0. The summed E-state index contributed by atoms with van der Waals surface area (Å²) in [6.45, 7) is 8.47. The summed E-state index contributed by atoms with van der Waals surface area (Å²) in [5, 5.41) is 0. The van der Waals surface area contributed by atoms with Gasteiger partial charge in [0.05, 0.1) is 0 Å². The highest BCUT2D eigenvalue weighted by Gasteiger charge is 2.18. The summed E-state index contributed by atoms with van der Waals surface area (Å²) in [5.74, 6) is 0. The van der Waals surface area contributed by atoms with Crippen molar-refractivity contribution in [3.05, 3.63) is 33.7 Å². The molecule has 0 amide bonds. The Morgan fingerprint density at radius 3 is 2.33 bits per heavy atom. The Balaban J connectivity index is 3.51. The number of pyridine rings is 1. The zero-order valence-electron chi connectivity index (χ0n) is 10.0. The Labute approximate surface area is 90.9 Å².